The Kier molecular flexibility index (Phi) is 4.69. The molecule has 4 nitrogen and oxygen atoms in total. The zero-order chi connectivity index (χ0) is 13.8. The molecule has 0 radical (unpaired) electrons. The third kappa shape index (κ3) is 3.21. The Morgan fingerprint density at radius 1 is 1.47 bits per heavy atom. The number of anilines is 1. The minimum Gasteiger partial charge on any atom is -0.381 e. The van der Waals surface area contributed by atoms with Crippen LogP contribution in [0.1, 0.15) is 31.7 Å². The summed E-state index contributed by atoms with van der Waals surface area (Å²) < 4.78 is 0. The number of rotatable bonds is 5. The Morgan fingerprint density at radius 2 is 2.26 bits per heavy atom. The van der Waals surface area contributed by atoms with Gasteiger partial charge in [0.2, 0.25) is 0 Å². The fraction of sp³-hybridized carbons (Fsp3) is 0.571. The van der Waals surface area contributed by atoms with Gasteiger partial charge in [-0.05, 0) is 31.6 Å². The van der Waals surface area contributed by atoms with E-state index in [1.807, 2.05) is 24.8 Å². The van der Waals surface area contributed by atoms with Crippen molar-refractivity contribution in [2.24, 2.45) is 0 Å². The van der Waals surface area contributed by atoms with Gasteiger partial charge in [0.25, 0.3) is 5.69 Å². The van der Waals surface area contributed by atoms with Crippen molar-refractivity contribution in [1.29, 1.82) is 0 Å². The molecule has 0 saturated heterocycles. The fourth-order valence-electron chi connectivity index (χ4n) is 2.68. The number of hydrogen-bond acceptors (Lipinski definition) is 4. The first-order valence-electron chi connectivity index (χ1n) is 6.75. The second-order valence-electron chi connectivity index (χ2n) is 4.88. The molecule has 0 aliphatic heterocycles. The zero-order valence-corrected chi connectivity index (χ0v) is 12.2. The van der Waals surface area contributed by atoms with Crippen molar-refractivity contribution >= 4 is 23.1 Å². The smallest absolute Gasteiger partial charge is 0.274 e. The highest BCUT2D eigenvalue weighted by Crippen LogP contribution is 2.34. The van der Waals surface area contributed by atoms with Crippen LogP contribution in [0.3, 0.4) is 0 Å². The normalized spacial score (nSPS) is 22.4. The Balaban J connectivity index is 2.15. The lowest BCUT2D eigenvalue weighted by atomic mass is 10.1. The maximum atomic E-state index is 11.0. The molecule has 1 fully saturated rings. The van der Waals surface area contributed by atoms with E-state index in [4.69, 9.17) is 0 Å². The molecule has 0 heterocycles. The Hall–Kier alpha value is -1.23. The minimum atomic E-state index is -0.312. The summed E-state index contributed by atoms with van der Waals surface area (Å²) in [4.78, 5) is 10.6. The molecule has 1 aromatic carbocycles. The van der Waals surface area contributed by atoms with Crippen LogP contribution in [0.4, 0.5) is 11.4 Å². The summed E-state index contributed by atoms with van der Waals surface area (Å²) in [5.74, 6) is 1.12. The molecule has 2 unspecified atom stereocenters. The van der Waals surface area contributed by atoms with Crippen molar-refractivity contribution in [1.82, 2.24) is 0 Å². The fourth-order valence-corrected chi connectivity index (χ4v) is 3.88. The van der Waals surface area contributed by atoms with Crippen molar-refractivity contribution in [3.8, 4) is 0 Å². The average Bonchev–Trinajstić information content (AvgIpc) is 2.79. The molecule has 5 heteroatoms. The lowest BCUT2D eigenvalue weighted by Crippen LogP contribution is -2.26. The van der Waals surface area contributed by atoms with E-state index in [1.165, 1.54) is 12.8 Å². The van der Waals surface area contributed by atoms with Gasteiger partial charge in [-0.2, -0.15) is 11.8 Å². The second kappa shape index (κ2) is 6.28. The first-order chi connectivity index (χ1) is 9.13. The van der Waals surface area contributed by atoms with E-state index in [0.29, 0.717) is 11.3 Å². The molecule has 1 N–H and O–H groups in total. The van der Waals surface area contributed by atoms with Crippen LogP contribution in [0.25, 0.3) is 0 Å². The number of nitro benzene ring substituents is 1. The van der Waals surface area contributed by atoms with Crippen LogP contribution in [0, 0.1) is 17.0 Å². The summed E-state index contributed by atoms with van der Waals surface area (Å²) in [5.41, 5.74) is 1.84. The lowest BCUT2D eigenvalue weighted by Gasteiger charge is -2.22. The predicted molar refractivity (Wildman–Crippen MR) is 81.0 cm³/mol. The third-order valence-electron chi connectivity index (χ3n) is 3.68. The highest BCUT2D eigenvalue weighted by atomic mass is 32.2. The van der Waals surface area contributed by atoms with E-state index in [1.54, 1.807) is 12.1 Å². The van der Waals surface area contributed by atoms with E-state index in [2.05, 4.69) is 12.2 Å². The Morgan fingerprint density at radius 3 is 2.95 bits per heavy atom. The molecule has 0 bridgehead atoms. The largest absolute Gasteiger partial charge is 0.381 e. The first-order valence-corrected chi connectivity index (χ1v) is 7.80. The lowest BCUT2D eigenvalue weighted by molar-refractivity contribution is -0.385. The maximum absolute atomic E-state index is 11.0. The van der Waals surface area contributed by atoms with Crippen LogP contribution in [0.5, 0.6) is 0 Å². The van der Waals surface area contributed by atoms with Gasteiger partial charge < -0.3 is 5.32 Å². The quantitative estimate of drug-likeness (QED) is 0.654. The number of nitrogens with zero attached hydrogens (tertiary/aromatic N) is 1. The van der Waals surface area contributed by atoms with Crippen LogP contribution in [-0.4, -0.2) is 22.0 Å². The van der Waals surface area contributed by atoms with Crippen molar-refractivity contribution in [3.63, 3.8) is 0 Å². The summed E-state index contributed by atoms with van der Waals surface area (Å²) in [6.45, 7) is 4.00. The number of hydrogen-bond donors (Lipinski definition) is 1. The summed E-state index contributed by atoms with van der Waals surface area (Å²) in [7, 11) is 0. The summed E-state index contributed by atoms with van der Waals surface area (Å²) >= 11 is 1.99. The van der Waals surface area contributed by atoms with Crippen LogP contribution in [-0.2, 0) is 0 Å². The second-order valence-corrected chi connectivity index (χ2v) is 6.40. The van der Waals surface area contributed by atoms with Crippen molar-refractivity contribution in [3.05, 3.63) is 33.9 Å². The molecule has 2 rings (SSSR count). The van der Waals surface area contributed by atoms with E-state index in [-0.39, 0.29) is 10.6 Å². The van der Waals surface area contributed by atoms with E-state index < -0.39 is 0 Å². The summed E-state index contributed by atoms with van der Waals surface area (Å²) in [5, 5.41) is 15.1. The van der Waals surface area contributed by atoms with Crippen LogP contribution in [0.2, 0.25) is 0 Å². The Labute approximate surface area is 118 Å². The van der Waals surface area contributed by atoms with Crippen molar-refractivity contribution in [2.75, 3.05) is 11.1 Å². The molecule has 1 aromatic rings. The molecule has 1 aliphatic carbocycles. The van der Waals surface area contributed by atoms with Gasteiger partial charge in [0.1, 0.15) is 0 Å². The standard InChI is InChI=1S/C14H20N2O2S/c1-3-19-14-9-5-7-12(14)15-11-6-4-8-13(10(11)2)16(17)18/h4,6,8,12,14-15H,3,5,7,9H2,1-2H3. The summed E-state index contributed by atoms with van der Waals surface area (Å²) in [6.07, 6.45) is 3.63. The van der Waals surface area contributed by atoms with Crippen molar-refractivity contribution < 1.29 is 4.92 Å². The number of benzene rings is 1. The van der Waals surface area contributed by atoms with E-state index >= 15 is 0 Å². The van der Waals surface area contributed by atoms with Gasteiger partial charge in [-0.3, -0.25) is 10.1 Å². The molecule has 104 valence electrons. The van der Waals surface area contributed by atoms with Crippen molar-refractivity contribution in [2.45, 2.75) is 44.4 Å². The van der Waals surface area contributed by atoms with Gasteiger partial charge in [0.15, 0.2) is 0 Å². The maximum Gasteiger partial charge on any atom is 0.274 e. The monoisotopic (exact) mass is 280 g/mol. The molecular formula is C14H20N2O2S. The molecule has 2 atom stereocenters. The predicted octanol–water partition coefficient (Wildman–Crippen LogP) is 3.99. The highest BCUT2D eigenvalue weighted by Gasteiger charge is 2.27. The molecule has 0 aromatic heterocycles. The molecule has 0 spiro atoms. The van der Waals surface area contributed by atoms with E-state index in [9.17, 15) is 10.1 Å². The Bertz CT molecular complexity index is 465. The van der Waals surface area contributed by atoms with Crippen LogP contribution >= 0.6 is 11.8 Å². The van der Waals surface area contributed by atoms with Crippen LogP contribution in [0.15, 0.2) is 18.2 Å². The zero-order valence-electron chi connectivity index (χ0n) is 11.4. The SMILES string of the molecule is CCSC1CCCC1Nc1cccc([N+](=O)[O-])c1C. The minimum absolute atomic E-state index is 0.197. The van der Waals surface area contributed by atoms with E-state index in [0.717, 1.165) is 23.4 Å². The molecule has 1 saturated carbocycles. The molecular weight excluding hydrogens is 260 g/mol. The van der Waals surface area contributed by atoms with Gasteiger partial charge >= 0.3 is 0 Å². The number of nitrogens with one attached hydrogen (secondary N) is 1. The topological polar surface area (TPSA) is 55.2 Å². The number of nitro groups is 1. The van der Waals surface area contributed by atoms with Crippen LogP contribution < -0.4 is 5.32 Å². The van der Waals surface area contributed by atoms with Gasteiger partial charge in [-0.1, -0.05) is 19.4 Å². The van der Waals surface area contributed by atoms with Gasteiger partial charge in [0, 0.05) is 28.6 Å². The first kappa shape index (κ1) is 14.2. The van der Waals surface area contributed by atoms with Gasteiger partial charge in [-0.25, -0.2) is 0 Å². The summed E-state index contributed by atoms with van der Waals surface area (Å²) in [6, 6.07) is 5.69. The van der Waals surface area contributed by atoms with Gasteiger partial charge in [0.05, 0.1) is 4.92 Å². The number of thioether (sulfide) groups is 1. The molecule has 0 amide bonds. The average molecular weight is 280 g/mol. The molecule has 1 aliphatic rings. The van der Waals surface area contributed by atoms with Gasteiger partial charge in [-0.15, -0.1) is 0 Å². The molecule has 19 heavy (non-hydrogen) atoms. The third-order valence-corrected chi connectivity index (χ3v) is 5.00. The highest BCUT2D eigenvalue weighted by molar-refractivity contribution is 7.99.